The Morgan fingerprint density at radius 3 is 2.96 bits per heavy atom. The van der Waals surface area contributed by atoms with Crippen molar-refractivity contribution in [3.05, 3.63) is 22.7 Å². The summed E-state index contributed by atoms with van der Waals surface area (Å²) in [5.74, 6) is -0.0971. The lowest BCUT2D eigenvalue weighted by Crippen LogP contribution is -2.35. The summed E-state index contributed by atoms with van der Waals surface area (Å²) in [7, 11) is 0. The molecular weight excluding hydrogens is 318 g/mol. The summed E-state index contributed by atoms with van der Waals surface area (Å²) >= 11 is 6.07. The van der Waals surface area contributed by atoms with Gasteiger partial charge >= 0.3 is 5.97 Å². The molecule has 0 aromatic heterocycles. The van der Waals surface area contributed by atoms with E-state index in [1.165, 1.54) is 0 Å². The molecule has 0 unspecified atom stereocenters. The highest BCUT2D eigenvalue weighted by atomic mass is 35.5. The number of hydrogen-bond donors (Lipinski definition) is 2. The maximum absolute atomic E-state index is 11.7. The molecule has 1 saturated carbocycles. The molecule has 5 nitrogen and oxygen atoms in total. The third-order valence-electron chi connectivity index (χ3n) is 5.16. The van der Waals surface area contributed by atoms with Crippen LogP contribution in [0.15, 0.2) is 12.1 Å². The monoisotopic (exact) mass is 339 g/mol. The number of carboxylic acid groups (broad SMARTS) is 1. The molecule has 1 aliphatic carbocycles. The molecule has 1 saturated heterocycles. The van der Waals surface area contributed by atoms with Gasteiger partial charge in [0.05, 0.1) is 17.0 Å². The second-order valence-electron chi connectivity index (χ2n) is 6.58. The van der Waals surface area contributed by atoms with Crippen molar-refractivity contribution in [1.29, 1.82) is 0 Å². The molecule has 1 aliphatic heterocycles. The molecule has 1 aromatic rings. The van der Waals surface area contributed by atoms with Gasteiger partial charge in [-0.1, -0.05) is 18.0 Å². The van der Waals surface area contributed by atoms with Gasteiger partial charge in [-0.3, -0.25) is 9.69 Å². The number of phenols is 1. The third-order valence-corrected chi connectivity index (χ3v) is 5.45. The smallest absolute Gasteiger partial charge is 0.311 e. The van der Waals surface area contributed by atoms with Gasteiger partial charge in [-0.25, -0.2) is 0 Å². The van der Waals surface area contributed by atoms with Crippen LogP contribution in [-0.4, -0.2) is 40.8 Å². The van der Waals surface area contributed by atoms with Crippen LogP contribution in [0.25, 0.3) is 0 Å². The first kappa shape index (κ1) is 16.4. The summed E-state index contributed by atoms with van der Waals surface area (Å²) in [6.45, 7) is 4.29. The molecule has 1 heterocycles. The first-order valence-corrected chi connectivity index (χ1v) is 8.44. The van der Waals surface area contributed by atoms with E-state index in [0.717, 1.165) is 31.4 Å². The van der Waals surface area contributed by atoms with E-state index in [1.807, 2.05) is 6.92 Å². The van der Waals surface area contributed by atoms with Crippen LogP contribution in [0, 0.1) is 11.3 Å². The van der Waals surface area contributed by atoms with Crippen LogP contribution in [-0.2, 0) is 11.3 Å². The lowest BCUT2D eigenvalue weighted by molar-refractivity contribution is -0.149. The van der Waals surface area contributed by atoms with E-state index in [4.69, 9.17) is 16.3 Å². The fourth-order valence-electron chi connectivity index (χ4n) is 4.11. The zero-order valence-corrected chi connectivity index (χ0v) is 14.0. The van der Waals surface area contributed by atoms with Crippen LogP contribution >= 0.6 is 11.6 Å². The van der Waals surface area contributed by atoms with Gasteiger partial charge in [0, 0.05) is 19.6 Å². The number of rotatable bonds is 5. The minimum absolute atomic E-state index is 0.0439. The van der Waals surface area contributed by atoms with Crippen molar-refractivity contribution >= 4 is 17.6 Å². The molecule has 2 N–H and O–H groups in total. The van der Waals surface area contributed by atoms with Crippen molar-refractivity contribution in [2.24, 2.45) is 11.3 Å². The molecular formula is C17H22ClNO4. The Morgan fingerprint density at radius 2 is 2.30 bits per heavy atom. The number of fused-ring (bicyclic) bond motifs is 1. The van der Waals surface area contributed by atoms with E-state index in [1.54, 1.807) is 12.1 Å². The zero-order valence-electron chi connectivity index (χ0n) is 13.2. The molecule has 2 aliphatic rings. The SMILES string of the molecule is CCOc1cc(CN2C[C@@H]3CCC[C@@]3(C(=O)O)C2)cc(Cl)c1O. The Bertz CT molecular complexity index is 621. The highest BCUT2D eigenvalue weighted by molar-refractivity contribution is 6.32. The van der Waals surface area contributed by atoms with Gasteiger partial charge < -0.3 is 14.9 Å². The van der Waals surface area contributed by atoms with Crippen molar-refractivity contribution in [1.82, 2.24) is 4.90 Å². The molecule has 3 rings (SSSR count). The minimum Gasteiger partial charge on any atom is -0.503 e. The molecule has 0 amide bonds. The van der Waals surface area contributed by atoms with Gasteiger partial charge in [0.25, 0.3) is 0 Å². The number of aromatic hydroxyl groups is 1. The molecule has 126 valence electrons. The fourth-order valence-corrected chi connectivity index (χ4v) is 4.34. The molecule has 2 fully saturated rings. The Kier molecular flexibility index (Phi) is 4.43. The van der Waals surface area contributed by atoms with Gasteiger partial charge in [0.1, 0.15) is 0 Å². The molecule has 1 aromatic carbocycles. The number of carboxylic acids is 1. The number of carbonyl (C=O) groups is 1. The summed E-state index contributed by atoms with van der Waals surface area (Å²) < 4.78 is 5.41. The summed E-state index contributed by atoms with van der Waals surface area (Å²) in [4.78, 5) is 13.9. The number of nitrogens with zero attached hydrogens (tertiary/aromatic N) is 1. The number of likely N-dealkylation sites (tertiary alicyclic amines) is 1. The standard InChI is InChI=1S/C17H22ClNO4/c1-2-23-14-7-11(6-13(18)15(14)20)8-19-9-12-4-3-5-17(12,10-19)16(21)22/h6-7,12,20H,2-5,8-10H2,1H3,(H,21,22)/t12-,17+/m0/s1. The van der Waals surface area contributed by atoms with Crippen molar-refractivity contribution in [2.75, 3.05) is 19.7 Å². The van der Waals surface area contributed by atoms with E-state index in [9.17, 15) is 15.0 Å². The summed E-state index contributed by atoms with van der Waals surface area (Å²) in [6, 6.07) is 3.51. The predicted molar refractivity (Wildman–Crippen MR) is 87.0 cm³/mol. The largest absolute Gasteiger partial charge is 0.503 e. The number of aliphatic carboxylic acids is 1. The van der Waals surface area contributed by atoms with E-state index in [-0.39, 0.29) is 16.7 Å². The predicted octanol–water partition coefficient (Wildman–Crippen LogP) is 3.13. The number of phenolic OH excluding ortho intramolecular Hbond substituents is 1. The first-order valence-electron chi connectivity index (χ1n) is 8.06. The Morgan fingerprint density at radius 1 is 1.52 bits per heavy atom. The Hall–Kier alpha value is -1.46. The van der Waals surface area contributed by atoms with Crippen molar-refractivity contribution < 1.29 is 19.7 Å². The number of benzene rings is 1. The zero-order chi connectivity index (χ0) is 16.6. The van der Waals surface area contributed by atoms with Gasteiger partial charge in [0.2, 0.25) is 0 Å². The molecule has 6 heteroatoms. The van der Waals surface area contributed by atoms with E-state index in [0.29, 0.717) is 25.4 Å². The Balaban J connectivity index is 1.77. The summed E-state index contributed by atoms with van der Waals surface area (Å²) in [5.41, 5.74) is 0.348. The number of hydrogen-bond acceptors (Lipinski definition) is 4. The molecule has 0 spiro atoms. The molecule has 0 radical (unpaired) electrons. The lowest BCUT2D eigenvalue weighted by atomic mass is 9.81. The maximum Gasteiger partial charge on any atom is 0.311 e. The normalized spacial score (nSPS) is 27.1. The van der Waals surface area contributed by atoms with Crippen LogP contribution in [0.2, 0.25) is 5.02 Å². The lowest BCUT2D eigenvalue weighted by Gasteiger charge is -2.23. The fraction of sp³-hybridized carbons (Fsp3) is 0.588. The summed E-state index contributed by atoms with van der Waals surface area (Å²) in [5, 5.41) is 19.8. The molecule has 23 heavy (non-hydrogen) atoms. The molecule has 0 bridgehead atoms. The maximum atomic E-state index is 11.7. The number of halogens is 1. The topological polar surface area (TPSA) is 70.0 Å². The van der Waals surface area contributed by atoms with Gasteiger partial charge in [-0.05, 0) is 43.4 Å². The third kappa shape index (κ3) is 2.88. The quantitative estimate of drug-likeness (QED) is 0.862. The van der Waals surface area contributed by atoms with Gasteiger partial charge in [0.15, 0.2) is 11.5 Å². The van der Waals surface area contributed by atoms with Crippen LogP contribution in [0.5, 0.6) is 11.5 Å². The van der Waals surface area contributed by atoms with Crippen LogP contribution in [0.3, 0.4) is 0 Å². The van der Waals surface area contributed by atoms with Crippen LogP contribution < -0.4 is 4.74 Å². The average molecular weight is 340 g/mol. The second-order valence-corrected chi connectivity index (χ2v) is 6.98. The molecule has 2 atom stereocenters. The number of ether oxygens (including phenoxy) is 1. The van der Waals surface area contributed by atoms with E-state index >= 15 is 0 Å². The van der Waals surface area contributed by atoms with Crippen molar-refractivity contribution in [3.8, 4) is 11.5 Å². The average Bonchev–Trinajstić information content (AvgIpc) is 3.02. The minimum atomic E-state index is -0.666. The highest BCUT2D eigenvalue weighted by Crippen LogP contribution is 2.49. The van der Waals surface area contributed by atoms with Gasteiger partial charge in [-0.2, -0.15) is 0 Å². The van der Waals surface area contributed by atoms with Crippen LogP contribution in [0.1, 0.15) is 31.7 Å². The van der Waals surface area contributed by atoms with Crippen LogP contribution in [0.4, 0.5) is 0 Å². The van der Waals surface area contributed by atoms with Gasteiger partial charge in [-0.15, -0.1) is 0 Å². The highest BCUT2D eigenvalue weighted by Gasteiger charge is 2.54. The Labute approximate surface area is 140 Å². The van der Waals surface area contributed by atoms with E-state index in [2.05, 4.69) is 4.90 Å². The second kappa shape index (κ2) is 6.21. The van der Waals surface area contributed by atoms with E-state index < -0.39 is 11.4 Å². The summed E-state index contributed by atoms with van der Waals surface area (Å²) in [6.07, 6.45) is 2.76. The van der Waals surface area contributed by atoms with Crippen molar-refractivity contribution in [2.45, 2.75) is 32.7 Å². The first-order chi connectivity index (χ1) is 11.0. The van der Waals surface area contributed by atoms with Crippen molar-refractivity contribution in [3.63, 3.8) is 0 Å².